The van der Waals surface area contributed by atoms with Crippen LogP contribution in [0.2, 0.25) is 5.02 Å². The maximum atomic E-state index is 16.7. The van der Waals surface area contributed by atoms with Crippen molar-refractivity contribution in [1.29, 1.82) is 0 Å². The quantitative estimate of drug-likeness (QED) is 0.173. The summed E-state index contributed by atoms with van der Waals surface area (Å²) in [6, 6.07) is 10.8. The number of carbonyl (C=O) groups excluding carboxylic acids is 1. The number of carbonyl (C=O) groups is 1. The van der Waals surface area contributed by atoms with Crippen molar-refractivity contribution in [3.05, 3.63) is 77.0 Å². The number of fused-ring (bicyclic) bond motifs is 2. The lowest BCUT2D eigenvalue weighted by molar-refractivity contribution is -0.128. The largest absolute Gasteiger partial charge is 0.462 e. The molecule has 0 spiro atoms. The van der Waals surface area contributed by atoms with Gasteiger partial charge in [-0.2, -0.15) is 9.97 Å². The molecule has 0 N–H and O–H groups in total. The second-order valence-electron chi connectivity index (χ2n) is 12.0. The molecule has 1 amide bonds. The van der Waals surface area contributed by atoms with Crippen LogP contribution < -0.4 is 9.64 Å². The zero-order valence-corrected chi connectivity index (χ0v) is 27.9. The number of methoxy groups -OCH3 is 2. The summed E-state index contributed by atoms with van der Waals surface area (Å²) in [5.41, 5.74) is 0.713. The van der Waals surface area contributed by atoms with Crippen LogP contribution in [0.5, 0.6) is 6.01 Å². The predicted molar refractivity (Wildman–Crippen MR) is 183 cm³/mol. The Balaban J connectivity index is 1.40. The third-order valence-corrected chi connectivity index (χ3v) is 9.35. The lowest BCUT2D eigenvalue weighted by Crippen LogP contribution is -2.56. The number of benzene rings is 2. The molecule has 3 atom stereocenters. The van der Waals surface area contributed by atoms with Gasteiger partial charge in [0.15, 0.2) is 5.82 Å². The van der Waals surface area contributed by atoms with Gasteiger partial charge in [0.05, 0.1) is 18.1 Å². The van der Waals surface area contributed by atoms with Crippen LogP contribution in [0.3, 0.4) is 0 Å². The fourth-order valence-corrected chi connectivity index (χ4v) is 6.80. The molecular weight excluding hydrogens is 637 g/mol. The molecule has 2 aliphatic rings. The molecule has 48 heavy (non-hydrogen) atoms. The molecule has 2 aromatic carbocycles. The summed E-state index contributed by atoms with van der Waals surface area (Å²) in [5.74, 6) is -0.394. The van der Waals surface area contributed by atoms with Gasteiger partial charge in [-0.15, -0.1) is 0 Å². The van der Waals surface area contributed by atoms with Gasteiger partial charge in [0.25, 0.3) is 0 Å². The molecule has 11 nitrogen and oxygen atoms in total. The summed E-state index contributed by atoms with van der Waals surface area (Å²) in [6.45, 7) is 10.1. The average Bonchev–Trinajstić information content (AvgIpc) is 3.46. The van der Waals surface area contributed by atoms with E-state index in [2.05, 4.69) is 19.7 Å². The predicted octanol–water partition coefficient (Wildman–Crippen LogP) is 4.87. The zero-order valence-electron chi connectivity index (χ0n) is 27.1. The molecule has 0 bridgehead atoms. The Bertz CT molecular complexity index is 1880. The highest BCUT2D eigenvalue weighted by molar-refractivity contribution is 6.36. The molecule has 2 fully saturated rings. The molecule has 0 radical (unpaired) electrons. The number of aromatic nitrogens is 3. The minimum Gasteiger partial charge on any atom is -0.462 e. The first kappa shape index (κ1) is 33.5. The van der Waals surface area contributed by atoms with Crippen molar-refractivity contribution in [2.75, 3.05) is 72.1 Å². The maximum Gasteiger partial charge on any atom is 0.319 e. The van der Waals surface area contributed by atoms with E-state index in [1.165, 1.54) is 6.08 Å². The molecule has 2 saturated heterocycles. The molecule has 4 heterocycles. The SMILES string of the molecule is [C-]#[N+]C[C@H]1CN(c2nc(OC[C@@H]3C[C@@H](OC)CN3C)nc3c(F)c(-c4cccc5cccc(Cl)c45)ncc23)CCN1C(=O)/C=C/COC. The van der Waals surface area contributed by atoms with Gasteiger partial charge in [-0.1, -0.05) is 48.0 Å². The second kappa shape index (κ2) is 14.8. The highest BCUT2D eigenvalue weighted by atomic mass is 35.5. The summed E-state index contributed by atoms with van der Waals surface area (Å²) in [6.07, 6.45) is 5.57. The summed E-state index contributed by atoms with van der Waals surface area (Å²) in [7, 11) is 5.26. The van der Waals surface area contributed by atoms with E-state index in [0.29, 0.717) is 53.4 Å². The van der Waals surface area contributed by atoms with Crippen LogP contribution in [0.1, 0.15) is 6.42 Å². The minimum atomic E-state index is -0.624. The molecule has 6 rings (SSSR count). The molecule has 0 unspecified atom stereocenters. The van der Waals surface area contributed by atoms with Crippen molar-refractivity contribution in [2.45, 2.75) is 24.6 Å². The van der Waals surface area contributed by atoms with Crippen LogP contribution in [0.4, 0.5) is 10.2 Å². The topological polar surface area (TPSA) is 97.5 Å². The van der Waals surface area contributed by atoms with Crippen molar-refractivity contribution < 1.29 is 23.4 Å². The van der Waals surface area contributed by atoms with Gasteiger partial charge in [-0.25, -0.2) is 11.0 Å². The first-order valence-electron chi connectivity index (χ1n) is 15.8. The van der Waals surface area contributed by atoms with Crippen molar-refractivity contribution >= 4 is 45.0 Å². The second-order valence-corrected chi connectivity index (χ2v) is 12.4. The van der Waals surface area contributed by atoms with Crippen molar-refractivity contribution in [2.24, 2.45) is 0 Å². The average molecular weight is 674 g/mol. The standard InChI is InChI=1S/C35H37ClFN7O4/c1-38-17-24-19-43(13-14-44(24)29(45)12-7-15-46-3)34-27-18-39-32(26-10-5-8-22-9-6-11-28(36)30(22)26)31(37)33(27)40-35(41-34)48-21-23-16-25(47-4)20-42(23)2/h5-12,18,23-25H,13-17,19-21H2,2-4H3/b12-7+/t23-,24-,25+/m0/s1. The Morgan fingerprint density at radius 1 is 1.15 bits per heavy atom. The summed E-state index contributed by atoms with van der Waals surface area (Å²) >= 11 is 6.60. The van der Waals surface area contributed by atoms with Gasteiger partial charge in [0.2, 0.25) is 12.5 Å². The number of nitrogens with zero attached hydrogens (tertiary/aromatic N) is 7. The third-order valence-electron chi connectivity index (χ3n) is 9.03. The van der Waals surface area contributed by atoms with Gasteiger partial charge in [-0.05, 0) is 24.9 Å². The Labute approximate surface area is 283 Å². The van der Waals surface area contributed by atoms with Gasteiger partial charge < -0.3 is 28.9 Å². The normalized spacial score (nSPS) is 20.2. The number of anilines is 1. The molecule has 2 aliphatic heterocycles. The van der Waals surface area contributed by atoms with E-state index in [4.69, 9.17) is 37.4 Å². The number of hydrogen-bond acceptors (Lipinski definition) is 9. The number of rotatable bonds is 10. The van der Waals surface area contributed by atoms with Crippen LogP contribution in [-0.4, -0.2) is 116 Å². The van der Waals surface area contributed by atoms with Crippen LogP contribution >= 0.6 is 11.6 Å². The monoisotopic (exact) mass is 673 g/mol. The van der Waals surface area contributed by atoms with Crippen LogP contribution in [0.15, 0.2) is 54.7 Å². The van der Waals surface area contributed by atoms with E-state index in [0.717, 1.165) is 18.4 Å². The highest BCUT2D eigenvalue weighted by Crippen LogP contribution is 2.37. The first-order valence-corrected chi connectivity index (χ1v) is 16.1. The molecule has 2 aromatic heterocycles. The smallest absolute Gasteiger partial charge is 0.319 e. The van der Waals surface area contributed by atoms with E-state index < -0.39 is 11.9 Å². The Kier molecular flexibility index (Phi) is 10.3. The van der Waals surface area contributed by atoms with E-state index in [9.17, 15) is 4.79 Å². The first-order chi connectivity index (χ1) is 23.3. The van der Waals surface area contributed by atoms with Gasteiger partial charge in [-0.3, -0.25) is 14.7 Å². The zero-order chi connectivity index (χ0) is 33.8. The molecule has 0 saturated carbocycles. The molecule has 0 aliphatic carbocycles. The number of piperazine rings is 1. The van der Waals surface area contributed by atoms with Crippen molar-refractivity contribution in [3.8, 4) is 17.3 Å². The molecular formula is C35H37ClFN7O4. The Hall–Kier alpha value is -4.41. The lowest BCUT2D eigenvalue weighted by Gasteiger charge is -2.39. The highest BCUT2D eigenvalue weighted by Gasteiger charge is 2.34. The van der Waals surface area contributed by atoms with Crippen molar-refractivity contribution in [3.63, 3.8) is 0 Å². The number of halogens is 2. The third kappa shape index (κ3) is 6.77. The van der Waals surface area contributed by atoms with E-state index in [1.54, 1.807) is 43.5 Å². The van der Waals surface area contributed by atoms with Crippen LogP contribution in [0, 0.1) is 12.4 Å². The fraction of sp³-hybridized carbons (Fsp3) is 0.400. The lowest BCUT2D eigenvalue weighted by atomic mass is 10.0. The summed E-state index contributed by atoms with van der Waals surface area (Å²) in [4.78, 5) is 36.4. The Morgan fingerprint density at radius 3 is 2.71 bits per heavy atom. The van der Waals surface area contributed by atoms with E-state index in [-0.39, 0.29) is 48.4 Å². The van der Waals surface area contributed by atoms with Gasteiger partial charge >= 0.3 is 6.01 Å². The molecule has 4 aromatic rings. The van der Waals surface area contributed by atoms with E-state index >= 15 is 4.39 Å². The number of hydrogen-bond donors (Lipinski definition) is 0. The number of likely N-dealkylation sites (tertiary alicyclic amines) is 1. The Morgan fingerprint density at radius 2 is 1.96 bits per heavy atom. The minimum absolute atomic E-state index is 0.0292. The number of likely N-dealkylation sites (N-methyl/N-ethyl adjacent to an activating group) is 1. The fourth-order valence-electron chi connectivity index (χ4n) is 6.51. The number of pyridine rings is 1. The summed E-state index contributed by atoms with van der Waals surface area (Å²) in [5, 5.41) is 2.44. The van der Waals surface area contributed by atoms with Crippen LogP contribution in [-0.2, 0) is 14.3 Å². The molecule has 13 heteroatoms. The number of ether oxygens (including phenoxy) is 3. The van der Waals surface area contributed by atoms with Gasteiger partial charge in [0, 0.05) is 74.7 Å². The maximum absolute atomic E-state index is 16.7. The molecule has 250 valence electrons. The number of amides is 1. The summed E-state index contributed by atoms with van der Waals surface area (Å²) < 4.78 is 33.5. The van der Waals surface area contributed by atoms with Gasteiger partial charge in [0.1, 0.15) is 29.7 Å². The van der Waals surface area contributed by atoms with Crippen LogP contribution in [0.25, 0.3) is 37.8 Å². The van der Waals surface area contributed by atoms with Crippen molar-refractivity contribution in [1.82, 2.24) is 24.8 Å². The van der Waals surface area contributed by atoms with E-state index in [1.807, 2.05) is 36.2 Å².